The van der Waals surface area contributed by atoms with E-state index in [1.807, 2.05) is 0 Å². The molecule has 0 spiro atoms. The van der Waals surface area contributed by atoms with Gasteiger partial charge in [-0.2, -0.15) is 12.6 Å². The summed E-state index contributed by atoms with van der Waals surface area (Å²) >= 11 is 4.01. The fraction of sp³-hybridized carbons (Fsp3) is 0.444. The number of benzene rings is 1. The molecule has 0 aliphatic heterocycles. The number of carbonyl (C=O) groups excluding carboxylic acids is 3. The van der Waals surface area contributed by atoms with Gasteiger partial charge in [0.25, 0.3) is 0 Å². The number of nitrogens with one attached hydrogen (secondary N) is 3. The number of amides is 3. The fourth-order valence-electron chi connectivity index (χ4n) is 2.28. The van der Waals surface area contributed by atoms with Crippen molar-refractivity contribution in [3.63, 3.8) is 0 Å². The smallest absolute Gasteiger partial charge is 0.325 e. The predicted octanol–water partition coefficient (Wildman–Crippen LogP) is -2.26. The molecule has 0 fully saturated rings. The molecule has 0 saturated heterocycles. The zero-order chi connectivity index (χ0) is 22.8. The summed E-state index contributed by atoms with van der Waals surface area (Å²) in [7, 11) is 0. The highest BCUT2D eigenvalue weighted by Gasteiger charge is 2.28. The van der Waals surface area contributed by atoms with Crippen molar-refractivity contribution in [2.45, 2.75) is 37.5 Å². The van der Waals surface area contributed by atoms with Gasteiger partial charge in [0.05, 0.1) is 6.61 Å². The lowest BCUT2D eigenvalue weighted by molar-refractivity contribution is -0.141. The summed E-state index contributed by atoms with van der Waals surface area (Å²) in [6, 6.07) is 1.14. The number of hydrogen-bond acceptors (Lipinski definition) is 8. The minimum absolute atomic E-state index is 0.00636. The molecular weight excluding hydrogens is 416 g/mol. The van der Waals surface area contributed by atoms with Gasteiger partial charge in [-0.1, -0.05) is 12.1 Å². The molecule has 166 valence electrons. The summed E-state index contributed by atoms with van der Waals surface area (Å²) in [5.74, 6) is -3.62. The van der Waals surface area contributed by atoms with Crippen LogP contribution >= 0.6 is 12.6 Å². The largest absolute Gasteiger partial charge is 0.508 e. The van der Waals surface area contributed by atoms with Crippen molar-refractivity contribution in [2.75, 3.05) is 12.4 Å². The van der Waals surface area contributed by atoms with Gasteiger partial charge in [0.15, 0.2) is 0 Å². The number of carboxylic acids is 1. The average Bonchev–Trinajstić information content (AvgIpc) is 2.71. The summed E-state index contributed by atoms with van der Waals surface area (Å²) in [6.07, 6.45) is -0.00636. The zero-order valence-corrected chi connectivity index (χ0v) is 17.1. The average molecular weight is 442 g/mol. The highest BCUT2D eigenvalue weighted by molar-refractivity contribution is 7.80. The van der Waals surface area contributed by atoms with E-state index in [9.17, 15) is 24.3 Å². The number of hydrogen-bond donors (Lipinski definition) is 8. The minimum atomic E-state index is -1.25. The quantitative estimate of drug-likeness (QED) is 0.176. The number of phenolic OH excluding ortho intramolecular Hbond substituents is 1. The number of aliphatic hydroxyl groups is 1. The van der Waals surface area contributed by atoms with Crippen LogP contribution in [0.4, 0.5) is 0 Å². The van der Waals surface area contributed by atoms with Crippen LogP contribution in [0.5, 0.6) is 5.75 Å². The van der Waals surface area contributed by atoms with E-state index < -0.39 is 54.5 Å². The highest BCUT2D eigenvalue weighted by Crippen LogP contribution is 2.12. The van der Waals surface area contributed by atoms with Crippen molar-refractivity contribution >= 4 is 36.3 Å². The number of thiol groups is 1. The van der Waals surface area contributed by atoms with Crippen molar-refractivity contribution < 1.29 is 34.5 Å². The number of phenols is 1. The van der Waals surface area contributed by atoms with Crippen LogP contribution < -0.4 is 21.7 Å². The van der Waals surface area contributed by atoms with Crippen LogP contribution in [0.25, 0.3) is 0 Å². The molecule has 0 radical (unpaired) electrons. The van der Waals surface area contributed by atoms with Gasteiger partial charge in [-0.25, -0.2) is 0 Å². The van der Waals surface area contributed by atoms with Gasteiger partial charge in [0.1, 0.15) is 29.9 Å². The van der Waals surface area contributed by atoms with Gasteiger partial charge in [0.2, 0.25) is 17.7 Å². The normalized spacial score (nSPS) is 14.7. The molecule has 1 aromatic carbocycles. The molecule has 0 aromatic heterocycles. The van der Waals surface area contributed by atoms with Crippen LogP contribution in [0.2, 0.25) is 0 Å². The van der Waals surface area contributed by atoms with Gasteiger partial charge < -0.3 is 37.0 Å². The summed E-state index contributed by atoms with van der Waals surface area (Å²) in [5.41, 5.74) is 6.00. The molecule has 4 atom stereocenters. The Hall–Kier alpha value is -2.83. The Morgan fingerprint density at radius 1 is 1.00 bits per heavy atom. The van der Waals surface area contributed by atoms with Crippen LogP contribution in [0.15, 0.2) is 24.3 Å². The summed E-state index contributed by atoms with van der Waals surface area (Å²) < 4.78 is 0. The Balaban J connectivity index is 2.97. The van der Waals surface area contributed by atoms with Crippen LogP contribution in [-0.4, -0.2) is 75.5 Å². The molecule has 0 heterocycles. The van der Waals surface area contributed by atoms with Crippen molar-refractivity contribution in [1.29, 1.82) is 0 Å². The third-order valence-electron chi connectivity index (χ3n) is 4.09. The number of carboxylic acid groups (broad SMARTS) is 1. The first-order valence-electron chi connectivity index (χ1n) is 8.98. The third kappa shape index (κ3) is 7.89. The molecule has 0 aliphatic rings. The number of aliphatic hydroxyl groups excluding tert-OH is 1. The Kier molecular flexibility index (Phi) is 10.1. The van der Waals surface area contributed by atoms with Gasteiger partial charge in [-0.3, -0.25) is 19.2 Å². The van der Waals surface area contributed by atoms with E-state index in [1.54, 1.807) is 12.1 Å². The summed E-state index contributed by atoms with van der Waals surface area (Å²) in [5, 5.41) is 34.4. The molecule has 4 unspecified atom stereocenters. The second-order valence-electron chi connectivity index (χ2n) is 6.53. The first-order valence-corrected chi connectivity index (χ1v) is 9.61. The van der Waals surface area contributed by atoms with Crippen molar-refractivity contribution in [1.82, 2.24) is 16.0 Å². The standard InChI is InChI=1S/C18H26N4O7S/c1-9(18(28)29)20-16(26)13(6-10-2-4-11(24)5-3-10)21-17(27)14(8-30)22-15(25)12(19)7-23/h2-5,9,12-14,23-24,30H,6-8,19H2,1H3,(H,20,26)(H,21,27)(H,22,25)(H,28,29). The number of aliphatic carboxylic acids is 1. The Bertz CT molecular complexity index is 759. The van der Waals surface area contributed by atoms with E-state index in [0.717, 1.165) is 0 Å². The van der Waals surface area contributed by atoms with Gasteiger partial charge in [-0.05, 0) is 24.6 Å². The SMILES string of the molecule is CC(NC(=O)C(Cc1ccc(O)cc1)NC(=O)C(CS)NC(=O)C(N)CO)C(=O)O. The molecule has 3 amide bonds. The first kappa shape index (κ1) is 25.2. The number of nitrogens with two attached hydrogens (primary N) is 1. The predicted molar refractivity (Wildman–Crippen MR) is 110 cm³/mol. The van der Waals surface area contributed by atoms with Crippen LogP contribution in [-0.2, 0) is 25.6 Å². The number of carbonyl (C=O) groups is 4. The maximum atomic E-state index is 12.6. The fourth-order valence-corrected chi connectivity index (χ4v) is 2.54. The summed E-state index contributed by atoms with van der Waals surface area (Å²) in [4.78, 5) is 48.0. The van der Waals surface area contributed by atoms with E-state index >= 15 is 0 Å². The van der Waals surface area contributed by atoms with Crippen molar-refractivity contribution in [3.8, 4) is 5.75 Å². The third-order valence-corrected chi connectivity index (χ3v) is 4.45. The van der Waals surface area contributed by atoms with E-state index in [-0.39, 0.29) is 17.9 Å². The van der Waals surface area contributed by atoms with Gasteiger partial charge in [0, 0.05) is 12.2 Å². The van der Waals surface area contributed by atoms with Crippen LogP contribution in [0, 0.1) is 0 Å². The molecule has 11 nitrogen and oxygen atoms in total. The Morgan fingerprint density at radius 2 is 1.53 bits per heavy atom. The van der Waals surface area contributed by atoms with E-state index in [1.165, 1.54) is 19.1 Å². The Labute approximate surface area is 178 Å². The van der Waals surface area contributed by atoms with Crippen LogP contribution in [0.3, 0.4) is 0 Å². The molecule has 0 bridgehead atoms. The van der Waals surface area contributed by atoms with Crippen LogP contribution in [0.1, 0.15) is 12.5 Å². The summed E-state index contributed by atoms with van der Waals surface area (Å²) in [6.45, 7) is 0.651. The van der Waals surface area contributed by atoms with Crippen molar-refractivity contribution in [3.05, 3.63) is 29.8 Å². The molecule has 0 aliphatic carbocycles. The second-order valence-corrected chi connectivity index (χ2v) is 6.90. The highest BCUT2D eigenvalue weighted by atomic mass is 32.1. The van der Waals surface area contributed by atoms with E-state index in [4.69, 9.17) is 15.9 Å². The maximum absolute atomic E-state index is 12.6. The molecule has 1 rings (SSSR count). The molecular formula is C18H26N4O7S. The monoisotopic (exact) mass is 442 g/mol. The maximum Gasteiger partial charge on any atom is 0.325 e. The number of rotatable bonds is 11. The lowest BCUT2D eigenvalue weighted by Gasteiger charge is -2.24. The zero-order valence-electron chi connectivity index (χ0n) is 16.2. The molecule has 1 aromatic rings. The topological polar surface area (TPSA) is 191 Å². The molecule has 8 N–H and O–H groups in total. The second kappa shape index (κ2) is 12.0. The Morgan fingerprint density at radius 3 is 2.03 bits per heavy atom. The molecule has 30 heavy (non-hydrogen) atoms. The molecule has 12 heteroatoms. The lowest BCUT2D eigenvalue weighted by Crippen LogP contribution is -2.58. The first-order chi connectivity index (χ1) is 14.1. The minimum Gasteiger partial charge on any atom is -0.508 e. The van der Waals surface area contributed by atoms with E-state index in [2.05, 4.69) is 28.6 Å². The van der Waals surface area contributed by atoms with E-state index in [0.29, 0.717) is 5.56 Å². The van der Waals surface area contributed by atoms with Gasteiger partial charge >= 0.3 is 5.97 Å². The van der Waals surface area contributed by atoms with Gasteiger partial charge in [-0.15, -0.1) is 0 Å². The van der Waals surface area contributed by atoms with Crippen molar-refractivity contribution in [2.24, 2.45) is 5.73 Å². The number of aromatic hydroxyl groups is 1. The molecule has 0 saturated carbocycles. The lowest BCUT2D eigenvalue weighted by atomic mass is 10.0.